The van der Waals surface area contributed by atoms with E-state index in [-0.39, 0.29) is 5.41 Å². The number of ether oxygens (including phenoxy) is 1. The lowest BCUT2D eigenvalue weighted by Gasteiger charge is -2.37. The van der Waals surface area contributed by atoms with Crippen LogP contribution in [0.1, 0.15) is 18.4 Å². The molecule has 1 N–H and O–H groups in total. The third kappa shape index (κ3) is 4.02. The Bertz CT molecular complexity index is 521. The smallest absolute Gasteiger partial charge is 0.208 e. The largest absolute Gasteiger partial charge is 0.381 e. The molecule has 19 heavy (non-hydrogen) atoms. The van der Waals surface area contributed by atoms with E-state index in [1.807, 2.05) is 12.1 Å². The van der Waals surface area contributed by atoms with Crippen molar-refractivity contribution in [1.29, 1.82) is 0 Å². The maximum Gasteiger partial charge on any atom is 0.208 e. The molecular formula is C13H18BrNO3S. The summed E-state index contributed by atoms with van der Waals surface area (Å²) >= 11 is 3.42. The Morgan fingerprint density at radius 2 is 1.84 bits per heavy atom. The summed E-state index contributed by atoms with van der Waals surface area (Å²) in [5, 5.41) is 0. The van der Waals surface area contributed by atoms with Crippen LogP contribution < -0.4 is 4.72 Å². The molecule has 106 valence electrons. The summed E-state index contributed by atoms with van der Waals surface area (Å²) in [5.74, 6) is 0. The monoisotopic (exact) mass is 347 g/mol. The molecule has 1 aliphatic heterocycles. The van der Waals surface area contributed by atoms with E-state index in [4.69, 9.17) is 4.74 Å². The highest BCUT2D eigenvalue weighted by molar-refractivity contribution is 9.10. The van der Waals surface area contributed by atoms with Crippen LogP contribution in [0.2, 0.25) is 0 Å². The number of benzene rings is 1. The van der Waals surface area contributed by atoms with Gasteiger partial charge in [-0.3, -0.25) is 0 Å². The summed E-state index contributed by atoms with van der Waals surface area (Å²) in [6.07, 6.45) is 2.86. The Balaban J connectivity index is 2.26. The van der Waals surface area contributed by atoms with Crippen molar-refractivity contribution in [2.75, 3.05) is 26.0 Å². The summed E-state index contributed by atoms with van der Waals surface area (Å²) in [7, 11) is -3.18. The maximum absolute atomic E-state index is 11.4. The van der Waals surface area contributed by atoms with Gasteiger partial charge in [0.25, 0.3) is 0 Å². The normalized spacial score (nSPS) is 19.3. The molecule has 0 amide bonds. The molecule has 6 heteroatoms. The second-order valence-corrected chi connectivity index (χ2v) is 7.74. The number of hydrogen-bond acceptors (Lipinski definition) is 3. The average Bonchev–Trinajstić information content (AvgIpc) is 2.37. The lowest BCUT2D eigenvalue weighted by Crippen LogP contribution is -2.44. The Morgan fingerprint density at radius 3 is 2.37 bits per heavy atom. The van der Waals surface area contributed by atoms with Crippen molar-refractivity contribution in [2.45, 2.75) is 18.3 Å². The van der Waals surface area contributed by atoms with E-state index in [0.717, 1.165) is 22.9 Å². The first-order valence-corrected chi connectivity index (χ1v) is 8.88. The first kappa shape index (κ1) is 15.0. The van der Waals surface area contributed by atoms with Gasteiger partial charge in [0.2, 0.25) is 10.0 Å². The van der Waals surface area contributed by atoms with Gasteiger partial charge in [-0.1, -0.05) is 28.1 Å². The van der Waals surface area contributed by atoms with E-state index in [0.29, 0.717) is 19.8 Å². The van der Waals surface area contributed by atoms with Gasteiger partial charge in [0.05, 0.1) is 6.26 Å². The van der Waals surface area contributed by atoms with Crippen molar-refractivity contribution < 1.29 is 13.2 Å². The van der Waals surface area contributed by atoms with Crippen molar-refractivity contribution in [3.05, 3.63) is 34.3 Å². The molecule has 0 atom stereocenters. The van der Waals surface area contributed by atoms with Gasteiger partial charge in [-0.25, -0.2) is 13.1 Å². The molecule has 1 saturated heterocycles. The molecule has 2 rings (SSSR count). The van der Waals surface area contributed by atoms with Gasteiger partial charge in [-0.15, -0.1) is 0 Å². The second-order valence-electron chi connectivity index (χ2n) is 4.99. The minimum atomic E-state index is -3.18. The van der Waals surface area contributed by atoms with Crippen LogP contribution in [-0.2, 0) is 20.2 Å². The van der Waals surface area contributed by atoms with Crippen molar-refractivity contribution in [1.82, 2.24) is 4.72 Å². The van der Waals surface area contributed by atoms with Gasteiger partial charge in [0.1, 0.15) is 0 Å². The summed E-state index contributed by atoms with van der Waals surface area (Å²) in [6, 6.07) is 8.10. The van der Waals surface area contributed by atoms with Gasteiger partial charge in [0.15, 0.2) is 0 Å². The highest BCUT2D eigenvalue weighted by atomic mass is 79.9. The van der Waals surface area contributed by atoms with E-state index in [1.54, 1.807) is 0 Å². The minimum Gasteiger partial charge on any atom is -0.381 e. The van der Waals surface area contributed by atoms with Crippen LogP contribution in [0.5, 0.6) is 0 Å². The SMILES string of the molecule is CS(=O)(=O)NCC1(c2ccc(Br)cc2)CCOCC1. The van der Waals surface area contributed by atoms with Crippen LogP contribution in [0.3, 0.4) is 0 Å². The molecule has 0 aliphatic carbocycles. The molecule has 0 saturated carbocycles. The van der Waals surface area contributed by atoms with Crippen LogP contribution in [0.15, 0.2) is 28.7 Å². The molecule has 1 fully saturated rings. The number of hydrogen-bond donors (Lipinski definition) is 1. The van der Waals surface area contributed by atoms with Crippen molar-refractivity contribution >= 4 is 26.0 Å². The molecule has 0 unspecified atom stereocenters. The molecular weight excluding hydrogens is 330 g/mol. The Labute approximate surface area is 122 Å². The summed E-state index contributed by atoms with van der Waals surface area (Å²) in [4.78, 5) is 0. The Morgan fingerprint density at radius 1 is 1.26 bits per heavy atom. The molecule has 0 aromatic heterocycles. The summed E-state index contributed by atoms with van der Waals surface area (Å²) < 4.78 is 31.8. The number of rotatable bonds is 4. The van der Waals surface area contributed by atoms with E-state index in [2.05, 4.69) is 32.8 Å². The minimum absolute atomic E-state index is 0.165. The second kappa shape index (κ2) is 5.91. The van der Waals surface area contributed by atoms with Crippen molar-refractivity contribution in [3.63, 3.8) is 0 Å². The predicted octanol–water partition coefficient (Wildman–Crippen LogP) is 2.05. The van der Waals surface area contributed by atoms with E-state index in [1.165, 1.54) is 6.26 Å². The molecule has 1 aromatic rings. The fourth-order valence-electron chi connectivity index (χ4n) is 2.40. The van der Waals surface area contributed by atoms with Crippen molar-refractivity contribution in [2.24, 2.45) is 0 Å². The third-order valence-electron chi connectivity index (χ3n) is 3.58. The zero-order valence-electron chi connectivity index (χ0n) is 10.9. The van der Waals surface area contributed by atoms with Gasteiger partial charge >= 0.3 is 0 Å². The maximum atomic E-state index is 11.4. The third-order valence-corrected chi connectivity index (χ3v) is 4.78. The fourth-order valence-corrected chi connectivity index (χ4v) is 3.21. The Kier molecular flexibility index (Phi) is 4.66. The fraction of sp³-hybridized carbons (Fsp3) is 0.538. The number of sulfonamides is 1. The zero-order valence-corrected chi connectivity index (χ0v) is 13.3. The summed E-state index contributed by atoms with van der Waals surface area (Å²) in [5.41, 5.74) is 0.998. The van der Waals surface area contributed by atoms with Crippen LogP contribution in [0.25, 0.3) is 0 Å². The van der Waals surface area contributed by atoms with E-state index < -0.39 is 10.0 Å². The van der Waals surface area contributed by atoms with Gasteiger partial charge in [0, 0.05) is 29.6 Å². The first-order valence-electron chi connectivity index (χ1n) is 6.20. The van der Waals surface area contributed by atoms with Crippen molar-refractivity contribution in [3.8, 4) is 0 Å². The van der Waals surface area contributed by atoms with Gasteiger partial charge in [-0.05, 0) is 30.5 Å². The van der Waals surface area contributed by atoms with Gasteiger partial charge in [-0.2, -0.15) is 0 Å². The quantitative estimate of drug-likeness (QED) is 0.906. The lowest BCUT2D eigenvalue weighted by molar-refractivity contribution is 0.0517. The molecule has 0 bridgehead atoms. The molecule has 0 spiro atoms. The highest BCUT2D eigenvalue weighted by Gasteiger charge is 2.35. The van der Waals surface area contributed by atoms with Crippen LogP contribution in [0.4, 0.5) is 0 Å². The lowest BCUT2D eigenvalue weighted by atomic mass is 9.74. The Hall–Kier alpha value is -0.430. The van der Waals surface area contributed by atoms with Gasteiger partial charge < -0.3 is 4.74 Å². The van der Waals surface area contributed by atoms with Crippen LogP contribution in [0, 0.1) is 0 Å². The zero-order chi connectivity index (χ0) is 13.9. The molecule has 1 heterocycles. The average molecular weight is 348 g/mol. The van der Waals surface area contributed by atoms with E-state index >= 15 is 0 Å². The van der Waals surface area contributed by atoms with E-state index in [9.17, 15) is 8.42 Å². The molecule has 1 aliphatic rings. The molecule has 4 nitrogen and oxygen atoms in total. The standard InChI is InChI=1S/C13H18BrNO3S/c1-19(16,17)15-10-13(6-8-18-9-7-13)11-2-4-12(14)5-3-11/h2-5,15H,6-10H2,1H3. The first-order chi connectivity index (χ1) is 8.91. The summed E-state index contributed by atoms with van der Waals surface area (Å²) in [6.45, 7) is 1.76. The topological polar surface area (TPSA) is 55.4 Å². The highest BCUT2D eigenvalue weighted by Crippen LogP contribution is 2.35. The number of nitrogens with one attached hydrogen (secondary N) is 1. The van der Waals surface area contributed by atoms with Crippen LogP contribution >= 0.6 is 15.9 Å². The predicted molar refractivity (Wildman–Crippen MR) is 78.7 cm³/mol. The molecule has 1 aromatic carbocycles. The number of halogens is 1. The molecule has 0 radical (unpaired) electrons. The van der Waals surface area contributed by atoms with Crippen LogP contribution in [-0.4, -0.2) is 34.4 Å².